The molecule has 0 spiro atoms. The maximum absolute atomic E-state index is 2.54. The maximum atomic E-state index is 2.54. The van der Waals surface area contributed by atoms with Crippen molar-refractivity contribution in [2.45, 2.75) is 207 Å². The predicted octanol–water partition coefficient (Wildman–Crippen LogP) is 12.3. The molecule has 0 saturated carbocycles. The van der Waals surface area contributed by atoms with E-state index in [0.717, 1.165) is 0 Å². The normalized spacial score (nSPS) is 11.4. The van der Waals surface area contributed by atoms with Gasteiger partial charge in [0, 0.05) is 17.5 Å². The number of nitrogens with zero attached hydrogens (tertiary/aromatic N) is 1. The minimum Gasteiger partial charge on any atom is -0.205 e. The quantitative estimate of drug-likeness (QED) is 0.0719. The summed E-state index contributed by atoms with van der Waals surface area (Å²) in [6.07, 6.45) is 44.5. The Balaban J connectivity index is 2.17. The summed E-state index contributed by atoms with van der Waals surface area (Å²) in [5, 5.41) is 0. The third kappa shape index (κ3) is 22.0. The van der Waals surface area contributed by atoms with E-state index in [-0.39, 0.29) is 0 Å². The van der Waals surface area contributed by atoms with Gasteiger partial charge in [-0.2, -0.15) is 0 Å². The van der Waals surface area contributed by atoms with Gasteiger partial charge in [0.25, 0.3) is 0 Å². The molecule has 0 fully saturated rings. The molecule has 0 amide bonds. The molecular formula is C37H70N+. The van der Waals surface area contributed by atoms with Crippen molar-refractivity contribution in [2.75, 3.05) is 0 Å². The summed E-state index contributed by atoms with van der Waals surface area (Å²) in [5.74, 6) is 0. The second-order valence-corrected chi connectivity index (χ2v) is 12.4. The van der Waals surface area contributed by atoms with Crippen molar-refractivity contribution >= 4 is 0 Å². The molecule has 0 radical (unpaired) electrons. The first-order valence-corrected chi connectivity index (χ1v) is 17.8. The van der Waals surface area contributed by atoms with Crippen LogP contribution >= 0.6 is 0 Å². The SMILES string of the molecule is CCCCCCCCCCCCCCc1cc(CCCCCCCCCCCCCC)c[n+](CCCC)c1. The molecule has 1 aromatic rings. The number of aryl methyl sites for hydroxylation is 3. The number of hydrogen-bond acceptors (Lipinski definition) is 0. The Labute approximate surface area is 241 Å². The van der Waals surface area contributed by atoms with Crippen molar-refractivity contribution in [3.63, 3.8) is 0 Å². The number of hydrogen-bond donors (Lipinski definition) is 0. The summed E-state index contributed by atoms with van der Waals surface area (Å²) >= 11 is 0. The molecule has 0 unspecified atom stereocenters. The summed E-state index contributed by atoms with van der Waals surface area (Å²) in [7, 11) is 0. The van der Waals surface area contributed by atoms with Crippen molar-refractivity contribution in [2.24, 2.45) is 0 Å². The molecule has 222 valence electrons. The molecule has 1 heteroatoms. The Kier molecular flexibility index (Phi) is 25.6. The van der Waals surface area contributed by atoms with Gasteiger partial charge in [0.15, 0.2) is 12.4 Å². The molecule has 0 aliphatic carbocycles. The molecule has 1 rings (SSSR count). The van der Waals surface area contributed by atoms with Gasteiger partial charge < -0.3 is 0 Å². The van der Waals surface area contributed by atoms with Gasteiger partial charge in [-0.1, -0.05) is 168 Å². The lowest BCUT2D eigenvalue weighted by molar-refractivity contribution is -0.698. The molecule has 0 atom stereocenters. The first kappa shape index (κ1) is 35.2. The fourth-order valence-electron chi connectivity index (χ4n) is 5.86. The summed E-state index contributed by atoms with van der Waals surface area (Å²) in [4.78, 5) is 0. The zero-order chi connectivity index (χ0) is 27.4. The maximum Gasteiger partial charge on any atom is 0.171 e. The van der Waals surface area contributed by atoms with E-state index in [1.54, 1.807) is 11.1 Å². The summed E-state index contributed by atoms with van der Waals surface area (Å²) in [6.45, 7) is 8.11. The first-order chi connectivity index (χ1) is 18.8. The Morgan fingerprint density at radius 1 is 0.368 bits per heavy atom. The summed E-state index contributed by atoms with van der Waals surface area (Å²) < 4.78 is 2.51. The zero-order valence-electron chi connectivity index (χ0n) is 26.7. The van der Waals surface area contributed by atoms with E-state index in [9.17, 15) is 0 Å². The molecule has 0 aliphatic rings. The lowest BCUT2D eigenvalue weighted by Gasteiger charge is -2.07. The third-order valence-corrected chi connectivity index (χ3v) is 8.44. The number of aromatic nitrogens is 1. The highest BCUT2D eigenvalue weighted by molar-refractivity contribution is 5.15. The average molecular weight is 529 g/mol. The largest absolute Gasteiger partial charge is 0.205 e. The van der Waals surface area contributed by atoms with E-state index in [1.807, 2.05) is 0 Å². The highest BCUT2D eigenvalue weighted by Crippen LogP contribution is 2.16. The Hall–Kier alpha value is -0.850. The van der Waals surface area contributed by atoms with Crippen molar-refractivity contribution < 1.29 is 4.57 Å². The van der Waals surface area contributed by atoms with Gasteiger partial charge >= 0.3 is 0 Å². The van der Waals surface area contributed by atoms with Crippen LogP contribution in [0.25, 0.3) is 0 Å². The molecule has 0 N–H and O–H groups in total. The van der Waals surface area contributed by atoms with Gasteiger partial charge in [-0.15, -0.1) is 0 Å². The summed E-state index contributed by atoms with van der Waals surface area (Å²) in [5.41, 5.74) is 3.18. The lowest BCUT2D eigenvalue weighted by atomic mass is 10.0. The average Bonchev–Trinajstić information content (AvgIpc) is 2.93. The van der Waals surface area contributed by atoms with E-state index in [1.165, 1.54) is 186 Å². The van der Waals surface area contributed by atoms with Crippen LogP contribution in [0.5, 0.6) is 0 Å². The highest BCUT2D eigenvalue weighted by Gasteiger charge is 2.08. The molecule has 0 aliphatic heterocycles. The van der Waals surface area contributed by atoms with Crippen molar-refractivity contribution in [3.05, 3.63) is 29.6 Å². The molecule has 1 heterocycles. The predicted molar refractivity (Wildman–Crippen MR) is 171 cm³/mol. The van der Waals surface area contributed by atoms with Gasteiger partial charge in [0.1, 0.15) is 6.54 Å². The molecule has 0 bridgehead atoms. The minimum atomic E-state index is 1.19. The van der Waals surface area contributed by atoms with Gasteiger partial charge in [-0.25, -0.2) is 4.57 Å². The van der Waals surface area contributed by atoms with Crippen LogP contribution in [-0.2, 0) is 19.4 Å². The smallest absolute Gasteiger partial charge is 0.171 e. The van der Waals surface area contributed by atoms with E-state index in [4.69, 9.17) is 0 Å². The molecule has 1 nitrogen and oxygen atoms in total. The Bertz CT molecular complexity index is 560. The summed E-state index contributed by atoms with van der Waals surface area (Å²) in [6, 6.07) is 2.54. The fraction of sp³-hybridized carbons (Fsp3) is 0.865. The van der Waals surface area contributed by atoms with E-state index >= 15 is 0 Å². The minimum absolute atomic E-state index is 1.19. The van der Waals surface area contributed by atoms with Crippen molar-refractivity contribution in [3.8, 4) is 0 Å². The van der Waals surface area contributed by atoms with Crippen LogP contribution in [0.3, 0.4) is 0 Å². The van der Waals surface area contributed by atoms with Crippen LogP contribution < -0.4 is 4.57 Å². The Morgan fingerprint density at radius 3 is 0.974 bits per heavy atom. The third-order valence-electron chi connectivity index (χ3n) is 8.44. The van der Waals surface area contributed by atoms with E-state index < -0.39 is 0 Å². The van der Waals surface area contributed by atoms with Gasteiger partial charge in [-0.05, 0) is 31.7 Å². The monoisotopic (exact) mass is 529 g/mol. The van der Waals surface area contributed by atoms with Crippen molar-refractivity contribution in [1.29, 1.82) is 0 Å². The topological polar surface area (TPSA) is 3.88 Å². The van der Waals surface area contributed by atoms with Gasteiger partial charge in [-0.3, -0.25) is 0 Å². The molecule has 0 aromatic carbocycles. The standard InChI is InChI=1S/C37H70N/c1-4-7-10-12-14-16-18-20-22-24-26-28-30-36-33-37(35-38(34-36)32-9-6-3)31-29-27-25-23-21-19-17-15-13-11-8-5-2/h33-35H,4-32H2,1-3H3/q+1. The van der Waals surface area contributed by atoms with E-state index in [0.29, 0.717) is 0 Å². The fourth-order valence-corrected chi connectivity index (χ4v) is 5.86. The zero-order valence-corrected chi connectivity index (χ0v) is 26.7. The molecule has 38 heavy (non-hydrogen) atoms. The number of pyridine rings is 1. The van der Waals surface area contributed by atoms with Crippen LogP contribution in [0, 0.1) is 0 Å². The Morgan fingerprint density at radius 2 is 0.658 bits per heavy atom. The van der Waals surface area contributed by atoms with Crippen LogP contribution in [-0.4, -0.2) is 0 Å². The van der Waals surface area contributed by atoms with Crippen molar-refractivity contribution in [1.82, 2.24) is 0 Å². The second kappa shape index (κ2) is 27.7. The second-order valence-electron chi connectivity index (χ2n) is 12.4. The van der Waals surface area contributed by atoms with Gasteiger partial charge in [0.05, 0.1) is 0 Å². The van der Waals surface area contributed by atoms with E-state index in [2.05, 4.69) is 43.8 Å². The highest BCUT2D eigenvalue weighted by atomic mass is 14.9. The lowest BCUT2D eigenvalue weighted by Crippen LogP contribution is -2.34. The molecule has 0 saturated heterocycles. The molecule has 1 aromatic heterocycles. The van der Waals surface area contributed by atoms with Gasteiger partial charge in [0.2, 0.25) is 0 Å². The van der Waals surface area contributed by atoms with Crippen LogP contribution in [0.15, 0.2) is 18.5 Å². The van der Waals surface area contributed by atoms with Crippen LogP contribution in [0.4, 0.5) is 0 Å². The first-order valence-electron chi connectivity index (χ1n) is 17.8. The van der Waals surface area contributed by atoms with Crippen LogP contribution in [0.2, 0.25) is 0 Å². The molecular weight excluding hydrogens is 458 g/mol. The number of rotatable bonds is 29. The van der Waals surface area contributed by atoms with Crippen LogP contribution in [0.1, 0.15) is 199 Å². The number of unbranched alkanes of at least 4 members (excludes halogenated alkanes) is 23.